The van der Waals surface area contributed by atoms with Crippen LogP contribution in [0.2, 0.25) is 0 Å². The van der Waals surface area contributed by atoms with Gasteiger partial charge in [-0.15, -0.1) is 0 Å². The van der Waals surface area contributed by atoms with Gasteiger partial charge < -0.3 is 9.47 Å². The lowest BCUT2D eigenvalue weighted by Gasteiger charge is -2.29. The van der Waals surface area contributed by atoms with Crippen LogP contribution in [0.1, 0.15) is 19.8 Å². The Hall–Kier alpha value is -1.20. The highest BCUT2D eigenvalue weighted by atomic mass is 32.2. The van der Waals surface area contributed by atoms with Crippen LogP contribution in [0.15, 0.2) is 29.2 Å². The Kier molecular flexibility index (Phi) is 6.67. The molecule has 10 heteroatoms. The van der Waals surface area contributed by atoms with Gasteiger partial charge in [-0.05, 0) is 44.0 Å². The minimum absolute atomic E-state index is 0.0684. The Morgan fingerprint density at radius 3 is 2.38 bits per heavy atom. The van der Waals surface area contributed by atoms with Crippen LogP contribution in [-0.4, -0.2) is 66.3 Å². The zero-order chi connectivity index (χ0) is 19.4. The van der Waals surface area contributed by atoms with E-state index in [2.05, 4.69) is 4.72 Å². The average molecular weight is 407 g/mol. The van der Waals surface area contributed by atoms with Crippen molar-refractivity contribution in [1.82, 2.24) is 9.03 Å². The van der Waals surface area contributed by atoms with Crippen LogP contribution < -0.4 is 9.46 Å². The van der Waals surface area contributed by atoms with Crippen LogP contribution in [0.5, 0.6) is 5.75 Å². The fraction of sp³-hybridized carbons (Fsp3) is 0.625. The fourth-order valence-electron chi connectivity index (χ4n) is 3.09. The van der Waals surface area contributed by atoms with Gasteiger partial charge in [0.2, 0.25) is 20.0 Å². The molecule has 0 aliphatic carbocycles. The number of benzene rings is 1. The summed E-state index contributed by atoms with van der Waals surface area (Å²) in [6.45, 7) is 2.99. The third-order valence-electron chi connectivity index (χ3n) is 4.28. The Bertz CT molecular complexity index is 808. The number of rotatable bonds is 9. The van der Waals surface area contributed by atoms with Gasteiger partial charge in [-0.2, -0.15) is 4.31 Å². The van der Waals surface area contributed by atoms with Crippen LogP contribution in [0.25, 0.3) is 0 Å². The van der Waals surface area contributed by atoms with E-state index in [9.17, 15) is 16.8 Å². The van der Waals surface area contributed by atoms with E-state index < -0.39 is 25.6 Å². The number of methoxy groups -OCH3 is 1. The standard InChI is InChI=1S/C16H26N2O6S2/c1-4-24-14-5-7-15(8-6-14)26(21,22)18-11-9-16(13-18,10-12-23-2)17-25(3,19)20/h5-8,17H,4,9-13H2,1-3H3. The molecule has 0 amide bonds. The van der Waals surface area contributed by atoms with Gasteiger partial charge in [0, 0.05) is 32.3 Å². The predicted octanol–water partition coefficient (Wildman–Crippen LogP) is 0.804. The van der Waals surface area contributed by atoms with Crippen molar-refractivity contribution in [2.24, 2.45) is 0 Å². The highest BCUT2D eigenvalue weighted by molar-refractivity contribution is 7.89. The van der Waals surface area contributed by atoms with Gasteiger partial charge in [-0.1, -0.05) is 0 Å². The van der Waals surface area contributed by atoms with Crippen molar-refractivity contribution in [2.45, 2.75) is 30.2 Å². The minimum atomic E-state index is -3.72. The van der Waals surface area contributed by atoms with E-state index >= 15 is 0 Å². The molecule has 1 aromatic carbocycles. The van der Waals surface area contributed by atoms with Gasteiger partial charge in [0.1, 0.15) is 5.75 Å². The number of nitrogens with one attached hydrogen (secondary N) is 1. The van der Waals surface area contributed by atoms with Crippen LogP contribution in [-0.2, 0) is 24.8 Å². The fourth-order valence-corrected chi connectivity index (χ4v) is 5.67. The SMILES string of the molecule is CCOc1ccc(S(=O)(=O)N2CCC(CCOC)(NS(C)(=O)=O)C2)cc1. The van der Waals surface area contributed by atoms with Gasteiger partial charge in [0.15, 0.2) is 0 Å². The molecule has 26 heavy (non-hydrogen) atoms. The molecular formula is C16H26N2O6S2. The van der Waals surface area contributed by atoms with Crippen molar-refractivity contribution < 1.29 is 26.3 Å². The monoisotopic (exact) mass is 406 g/mol. The second-order valence-electron chi connectivity index (χ2n) is 6.39. The van der Waals surface area contributed by atoms with E-state index in [-0.39, 0.29) is 18.0 Å². The molecule has 0 saturated carbocycles. The molecule has 1 aliphatic rings. The molecular weight excluding hydrogens is 380 g/mol. The molecule has 1 N–H and O–H groups in total. The molecule has 1 atom stereocenters. The first-order valence-corrected chi connectivity index (χ1v) is 11.7. The molecule has 2 rings (SSSR count). The van der Waals surface area contributed by atoms with Crippen molar-refractivity contribution >= 4 is 20.0 Å². The first-order valence-electron chi connectivity index (χ1n) is 8.33. The highest BCUT2D eigenvalue weighted by Gasteiger charge is 2.44. The molecule has 0 aromatic heterocycles. The average Bonchev–Trinajstić information content (AvgIpc) is 2.97. The van der Waals surface area contributed by atoms with E-state index in [0.29, 0.717) is 31.8 Å². The van der Waals surface area contributed by atoms with Crippen molar-refractivity contribution in [3.8, 4) is 5.75 Å². The molecule has 1 aliphatic heterocycles. The Morgan fingerprint density at radius 2 is 1.85 bits per heavy atom. The molecule has 1 aromatic rings. The van der Waals surface area contributed by atoms with Gasteiger partial charge in [-0.3, -0.25) is 0 Å². The predicted molar refractivity (Wildman–Crippen MR) is 98.2 cm³/mol. The molecule has 1 saturated heterocycles. The summed E-state index contributed by atoms with van der Waals surface area (Å²) in [4.78, 5) is 0.155. The molecule has 1 heterocycles. The molecule has 8 nitrogen and oxygen atoms in total. The second-order valence-corrected chi connectivity index (χ2v) is 10.1. The number of nitrogens with zero attached hydrogens (tertiary/aromatic N) is 1. The summed E-state index contributed by atoms with van der Waals surface area (Å²) in [5.74, 6) is 0.598. The maximum absolute atomic E-state index is 12.9. The van der Waals surface area contributed by atoms with Crippen molar-refractivity contribution in [3.63, 3.8) is 0 Å². The molecule has 1 unspecified atom stereocenters. The van der Waals surface area contributed by atoms with E-state index in [4.69, 9.17) is 9.47 Å². The quantitative estimate of drug-likeness (QED) is 0.651. The summed E-state index contributed by atoms with van der Waals surface area (Å²) in [7, 11) is -5.68. The summed E-state index contributed by atoms with van der Waals surface area (Å²) in [5, 5.41) is 0. The van der Waals surface area contributed by atoms with Crippen LogP contribution >= 0.6 is 0 Å². The second kappa shape index (κ2) is 8.22. The minimum Gasteiger partial charge on any atom is -0.494 e. The van der Waals surface area contributed by atoms with E-state index in [1.54, 1.807) is 12.1 Å². The Morgan fingerprint density at radius 1 is 1.19 bits per heavy atom. The van der Waals surface area contributed by atoms with Gasteiger partial charge in [-0.25, -0.2) is 21.6 Å². The summed E-state index contributed by atoms with van der Waals surface area (Å²) >= 11 is 0. The number of ether oxygens (including phenoxy) is 2. The summed E-state index contributed by atoms with van der Waals surface area (Å²) in [6, 6.07) is 6.22. The number of sulfonamides is 2. The van der Waals surface area contributed by atoms with Crippen LogP contribution in [0.3, 0.4) is 0 Å². The van der Waals surface area contributed by atoms with E-state index in [1.165, 1.54) is 23.5 Å². The Balaban J connectivity index is 2.22. The lowest BCUT2D eigenvalue weighted by molar-refractivity contribution is 0.165. The summed E-state index contributed by atoms with van der Waals surface area (Å²) in [5.41, 5.74) is -0.859. The lowest BCUT2D eigenvalue weighted by atomic mass is 9.96. The molecule has 0 bridgehead atoms. The number of hydrogen-bond donors (Lipinski definition) is 1. The van der Waals surface area contributed by atoms with Crippen molar-refractivity contribution in [3.05, 3.63) is 24.3 Å². The summed E-state index contributed by atoms with van der Waals surface area (Å²) in [6.07, 6.45) is 1.86. The van der Waals surface area contributed by atoms with E-state index in [1.807, 2.05) is 6.92 Å². The first kappa shape index (κ1) is 21.1. The molecule has 0 radical (unpaired) electrons. The molecule has 0 spiro atoms. The lowest BCUT2D eigenvalue weighted by Crippen LogP contribution is -2.51. The van der Waals surface area contributed by atoms with Gasteiger partial charge in [0.25, 0.3) is 0 Å². The maximum Gasteiger partial charge on any atom is 0.243 e. The normalized spacial score (nSPS) is 21.8. The van der Waals surface area contributed by atoms with Crippen molar-refractivity contribution in [1.29, 1.82) is 0 Å². The Labute approximate surface area is 155 Å². The van der Waals surface area contributed by atoms with Crippen LogP contribution in [0.4, 0.5) is 0 Å². The van der Waals surface area contributed by atoms with Gasteiger partial charge >= 0.3 is 0 Å². The maximum atomic E-state index is 12.9. The third kappa shape index (κ3) is 5.17. The first-order chi connectivity index (χ1) is 12.1. The van der Waals surface area contributed by atoms with Crippen molar-refractivity contribution in [2.75, 3.05) is 39.7 Å². The van der Waals surface area contributed by atoms with Crippen LogP contribution in [0, 0.1) is 0 Å². The number of hydrogen-bond acceptors (Lipinski definition) is 6. The third-order valence-corrected chi connectivity index (χ3v) is 6.94. The highest BCUT2D eigenvalue weighted by Crippen LogP contribution is 2.31. The molecule has 148 valence electrons. The van der Waals surface area contributed by atoms with E-state index in [0.717, 1.165) is 6.26 Å². The zero-order valence-electron chi connectivity index (χ0n) is 15.3. The largest absolute Gasteiger partial charge is 0.494 e. The zero-order valence-corrected chi connectivity index (χ0v) is 16.9. The topological polar surface area (TPSA) is 102 Å². The van der Waals surface area contributed by atoms with Gasteiger partial charge in [0.05, 0.1) is 17.8 Å². The smallest absolute Gasteiger partial charge is 0.243 e. The summed E-state index contributed by atoms with van der Waals surface area (Å²) < 4.78 is 63.6. The molecule has 1 fully saturated rings.